The van der Waals surface area contributed by atoms with E-state index >= 15 is 0 Å². The summed E-state index contributed by atoms with van der Waals surface area (Å²) in [6, 6.07) is 2.59. The van der Waals surface area contributed by atoms with Crippen LogP contribution in [-0.2, 0) is 0 Å². The minimum Gasteiger partial charge on any atom is -0.396 e. The Bertz CT molecular complexity index is 368. The molecule has 1 aliphatic rings. The summed E-state index contributed by atoms with van der Waals surface area (Å²) in [5.74, 6) is 1.16. The molecule has 0 amide bonds. The molecule has 2 rings (SSSR count). The first-order valence-corrected chi connectivity index (χ1v) is 8.46. The van der Waals surface area contributed by atoms with Crippen molar-refractivity contribution in [1.29, 1.82) is 0 Å². The van der Waals surface area contributed by atoms with Crippen LogP contribution in [0, 0.1) is 11.8 Å². The van der Waals surface area contributed by atoms with Crippen LogP contribution in [-0.4, -0.2) is 18.3 Å². The predicted molar refractivity (Wildman–Crippen MR) is 81.0 cm³/mol. The number of rotatable bonds is 5. The van der Waals surface area contributed by atoms with Gasteiger partial charge in [-0.15, -0.1) is 11.3 Å². The lowest BCUT2D eigenvalue weighted by atomic mass is 9.79. The second kappa shape index (κ2) is 7.04. The quantitative estimate of drug-likeness (QED) is 0.855. The van der Waals surface area contributed by atoms with Gasteiger partial charge in [-0.25, -0.2) is 0 Å². The third-order valence-corrected chi connectivity index (χ3v) is 5.88. The largest absolute Gasteiger partial charge is 0.396 e. The number of halogens is 1. The lowest BCUT2D eigenvalue weighted by molar-refractivity contribution is 0.131. The third-order valence-electron chi connectivity index (χ3n) is 4.00. The standard InChI is InChI=1S/C14H22BrNOS/c1-10(14-6-13(15)9-18-14)16-7-11-4-2-3-5-12(11)8-17/h6,9-12,16-17H,2-5,7-8H2,1H3. The van der Waals surface area contributed by atoms with Gasteiger partial charge in [0.05, 0.1) is 0 Å². The van der Waals surface area contributed by atoms with Gasteiger partial charge in [0.25, 0.3) is 0 Å². The molecule has 4 heteroatoms. The molecule has 1 aromatic rings. The van der Waals surface area contributed by atoms with Gasteiger partial charge in [-0.2, -0.15) is 0 Å². The monoisotopic (exact) mass is 331 g/mol. The van der Waals surface area contributed by atoms with Crippen LogP contribution in [0.15, 0.2) is 15.9 Å². The van der Waals surface area contributed by atoms with E-state index in [1.807, 2.05) is 0 Å². The van der Waals surface area contributed by atoms with E-state index in [0.717, 1.165) is 6.54 Å². The fourth-order valence-corrected chi connectivity index (χ4v) is 4.26. The van der Waals surface area contributed by atoms with Crippen LogP contribution in [0.1, 0.15) is 43.5 Å². The second-order valence-corrected chi connectivity index (χ2v) is 7.14. The Morgan fingerprint density at radius 2 is 2.17 bits per heavy atom. The zero-order valence-corrected chi connectivity index (χ0v) is 13.3. The third kappa shape index (κ3) is 3.80. The van der Waals surface area contributed by atoms with Crippen molar-refractivity contribution < 1.29 is 5.11 Å². The molecule has 3 atom stereocenters. The van der Waals surface area contributed by atoms with Crippen molar-refractivity contribution >= 4 is 27.3 Å². The summed E-state index contributed by atoms with van der Waals surface area (Å²) >= 11 is 5.29. The zero-order chi connectivity index (χ0) is 13.0. The molecule has 0 spiro atoms. The summed E-state index contributed by atoms with van der Waals surface area (Å²) in [6.45, 7) is 3.60. The fraction of sp³-hybridized carbons (Fsp3) is 0.714. The molecular weight excluding hydrogens is 310 g/mol. The summed E-state index contributed by atoms with van der Waals surface area (Å²) in [6.07, 6.45) is 5.07. The molecule has 0 bridgehead atoms. The number of hydrogen-bond acceptors (Lipinski definition) is 3. The van der Waals surface area contributed by atoms with E-state index in [1.54, 1.807) is 11.3 Å². The number of aliphatic hydroxyl groups excluding tert-OH is 1. The lowest BCUT2D eigenvalue weighted by Crippen LogP contribution is -2.33. The molecule has 3 unspecified atom stereocenters. The maximum Gasteiger partial charge on any atom is 0.0462 e. The van der Waals surface area contributed by atoms with E-state index in [1.165, 1.54) is 35.0 Å². The molecule has 102 valence electrons. The zero-order valence-electron chi connectivity index (χ0n) is 10.9. The van der Waals surface area contributed by atoms with E-state index in [0.29, 0.717) is 24.5 Å². The highest BCUT2D eigenvalue weighted by molar-refractivity contribution is 9.10. The van der Waals surface area contributed by atoms with Gasteiger partial charge >= 0.3 is 0 Å². The molecule has 18 heavy (non-hydrogen) atoms. The number of hydrogen-bond donors (Lipinski definition) is 2. The molecule has 0 aliphatic heterocycles. The fourth-order valence-electron chi connectivity index (χ4n) is 2.78. The number of nitrogens with one attached hydrogen (secondary N) is 1. The second-order valence-electron chi connectivity index (χ2n) is 5.28. The molecule has 1 aromatic heterocycles. The Labute approximate surface area is 122 Å². The van der Waals surface area contributed by atoms with E-state index in [4.69, 9.17) is 0 Å². The van der Waals surface area contributed by atoms with Crippen molar-refractivity contribution in [2.75, 3.05) is 13.2 Å². The first kappa shape index (κ1) is 14.5. The summed E-state index contributed by atoms with van der Waals surface area (Å²) in [7, 11) is 0. The van der Waals surface area contributed by atoms with Crippen molar-refractivity contribution in [3.63, 3.8) is 0 Å². The molecule has 1 saturated carbocycles. The van der Waals surface area contributed by atoms with Crippen LogP contribution in [0.3, 0.4) is 0 Å². The average Bonchev–Trinajstić information content (AvgIpc) is 2.83. The molecule has 1 heterocycles. The summed E-state index contributed by atoms with van der Waals surface area (Å²) in [5.41, 5.74) is 0. The van der Waals surface area contributed by atoms with E-state index in [9.17, 15) is 5.11 Å². The highest BCUT2D eigenvalue weighted by Crippen LogP contribution is 2.30. The van der Waals surface area contributed by atoms with Crippen LogP contribution in [0.25, 0.3) is 0 Å². The maximum absolute atomic E-state index is 9.42. The van der Waals surface area contributed by atoms with Gasteiger partial charge in [-0.1, -0.05) is 12.8 Å². The Balaban J connectivity index is 1.83. The van der Waals surface area contributed by atoms with Crippen molar-refractivity contribution in [1.82, 2.24) is 5.32 Å². The minimum absolute atomic E-state index is 0.352. The molecule has 0 aromatic carbocycles. The van der Waals surface area contributed by atoms with Gasteiger partial charge in [-0.05, 0) is 60.1 Å². The molecular formula is C14H22BrNOS. The average molecular weight is 332 g/mol. The Hall–Kier alpha value is 0.1000. The maximum atomic E-state index is 9.42. The molecule has 1 aliphatic carbocycles. The van der Waals surface area contributed by atoms with Crippen LogP contribution >= 0.6 is 27.3 Å². The van der Waals surface area contributed by atoms with Crippen molar-refractivity contribution in [3.8, 4) is 0 Å². The Morgan fingerprint density at radius 1 is 1.44 bits per heavy atom. The Kier molecular flexibility index (Phi) is 5.67. The minimum atomic E-state index is 0.352. The number of aliphatic hydroxyl groups is 1. The van der Waals surface area contributed by atoms with Crippen LogP contribution < -0.4 is 5.32 Å². The molecule has 2 N–H and O–H groups in total. The summed E-state index contributed by atoms with van der Waals surface area (Å²) in [5, 5.41) is 15.2. The predicted octanol–water partition coefficient (Wildman–Crippen LogP) is 3.96. The van der Waals surface area contributed by atoms with Gasteiger partial charge in [0.2, 0.25) is 0 Å². The van der Waals surface area contributed by atoms with Crippen LogP contribution in [0.2, 0.25) is 0 Å². The van der Waals surface area contributed by atoms with Crippen LogP contribution in [0.4, 0.5) is 0 Å². The van der Waals surface area contributed by atoms with Gasteiger partial charge in [0.15, 0.2) is 0 Å². The first-order valence-electron chi connectivity index (χ1n) is 6.79. The molecule has 0 radical (unpaired) electrons. The van der Waals surface area contributed by atoms with Crippen molar-refractivity contribution in [3.05, 3.63) is 20.8 Å². The SMILES string of the molecule is CC(NCC1CCCCC1CO)c1cc(Br)cs1. The normalized spacial score (nSPS) is 26.2. The van der Waals surface area contributed by atoms with Gasteiger partial charge < -0.3 is 10.4 Å². The van der Waals surface area contributed by atoms with Gasteiger partial charge in [0.1, 0.15) is 0 Å². The highest BCUT2D eigenvalue weighted by atomic mass is 79.9. The first-order chi connectivity index (χ1) is 8.70. The molecule has 0 saturated heterocycles. The van der Waals surface area contributed by atoms with Gasteiger partial charge in [-0.3, -0.25) is 0 Å². The highest BCUT2D eigenvalue weighted by Gasteiger charge is 2.24. The summed E-state index contributed by atoms with van der Waals surface area (Å²) in [4.78, 5) is 1.37. The smallest absolute Gasteiger partial charge is 0.0462 e. The van der Waals surface area contributed by atoms with Crippen LogP contribution in [0.5, 0.6) is 0 Å². The van der Waals surface area contributed by atoms with E-state index in [-0.39, 0.29) is 0 Å². The van der Waals surface area contributed by atoms with Crippen molar-refractivity contribution in [2.45, 2.75) is 38.6 Å². The molecule has 2 nitrogen and oxygen atoms in total. The van der Waals surface area contributed by atoms with Gasteiger partial charge in [0, 0.05) is 27.4 Å². The van der Waals surface area contributed by atoms with E-state index in [2.05, 4.69) is 39.6 Å². The Morgan fingerprint density at radius 3 is 2.78 bits per heavy atom. The van der Waals surface area contributed by atoms with E-state index < -0.39 is 0 Å². The van der Waals surface area contributed by atoms with Crippen molar-refractivity contribution in [2.24, 2.45) is 11.8 Å². The summed E-state index contributed by atoms with van der Waals surface area (Å²) < 4.78 is 1.17. The number of thiophene rings is 1. The topological polar surface area (TPSA) is 32.3 Å². The lowest BCUT2D eigenvalue weighted by Gasteiger charge is -2.31. The molecule has 1 fully saturated rings.